The van der Waals surface area contributed by atoms with Crippen LogP contribution < -0.4 is 4.72 Å². The summed E-state index contributed by atoms with van der Waals surface area (Å²) in [4.78, 5) is 3.94. The van der Waals surface area contributed by atoms with Gasteiger partial charge in [-0.2, -0.15) is 4.98 Å². The van der Waals surface area contributed by atoms with Crippen molar-refractivity contribution < 1.29 is 18.0 Å². The van der Waals surface area contributed by atoms with Crippen molar-refractivity contribution in [2.24, 2.45) is 0 Å². The molecule has 9 heteroatoms. The lowest BCUT2D eigenvalue weighted by Gasteiger charge is -2.10. The van der Waals surface area contributed by atoms with Crippen LogP contribution in [0, 0.1) is 0 Å². The monoisotopic (exact) mass is 314 g/mol. The van der Waals surface area contributed by atoms with E-state index in [-0.39, 0.29) is 24.1 Å². The van der Waals surface area contributed by atoms with E-state index >= 15 is 0 Å². The third-order valence-corrected chi connectivity index (χ3v) is 4.40. The van der Waals surface area contributed by atoms with E-state index in [0.29, 0.717) is 18.0 Å². The predicted octanol–water partition coefficient (Wildman–Crippen LogP) is 0.465. The van der Waals surface area contributed by atoms with Crippen LogP contribution >= 0.6 is 0 Å². The first kappa shape index (κ1) is 15.7. The summed E-state index contributed by atoms with van der Waals surface area (Å²) in [6.45, 7) is 3.78. The van der Waals surface area contributed by atoms with Crippen molar-refractivity contribution >= 4 is 10.0 Å². The van der Waals surface area contributed by atoms with E-state index < -0.39 is 10.0 Å². The Morgan fingerprint density at radius 3 is 2.76 bits per heavy atom. The molecule has 2 aromatic heterocycles. The smallest absolute Gasteiger partial charge is 0.242 e. The minimum Gasteiger partial charge on any atom is -0.390 e. The van der Waals surface area contributed by atoms with Crippen molar-refractivity contribution in [3.8, 4) is 0 Å². The normalized spacial score (nSPS) is 12.2. The van der Waals surface area contributed by atoms with Gasteiger partial charge in [0.15, 0.2) is 6.33 Å². The van der Waals surface area contributed by atoms with Crippen LogP contribution in [0.2, 0.25) is 0 Å². The van der Waals surface area contributed by atoms with Gasteiger partial charge in [-0.3, -0.25) is 0 Å². The van der Waals surface area contributed by atoms with E-state index in [1.807, 2.05) is 13.8 Å². The standard InChI is InChI=1S/C12H18N4O4S/c1-9(2)16-6-11(5-10(16)7-17)21(18,19)15-4-3-12-13-8-14-20-12/h5-6,8-9,15,17H,3-4,7H2,1-2H3. The predicted molar refractivity (Wildman–Crippen MR) is 73.9 cm³/mol. The molecule has 0 bridgehead atoms. The Bertz CT molecular complexity index is 676. The summed E-state index contributed by atoms with van der Waals surface area (Å²) in [6.07, 6.45) is 3.10. The first-order valence-electron chi connectivity index (χ1n) is 6.51. The maximum atomic E-state index is 12.2. The van der Waals surface area contributed by atoms with Gasteiger partial charge in [0.25, 0.3) is 0 Å². The summed E-state index contributed by atoms with van der Waals surface area (Å²) in [5.74, 6) is 0.369. The lowest BCUT2D eigenvalue weighted by Crippen LogP contribution is -2.25. The van der Waals surface area contributed by atoms with Crippen LogP contribution in [0.1, 0.15) is 31.5 Å². The van der Waals surface area contributed by atoms with E-state index in [0.717, 1.165) is 0 Å². The van der Waals surface area contributed by atoms with Gasteiger partial charge in [-0.05, 0) is 19.9 Å². The molecule has 21 heavy (non-hydrogen) atoms. The van der Waals surface area contributed by atoms with Gasteiger partial charge >= 0.3 is 0 Å². The van der Waals surface area contributed by atoms with Crippen LogP contribution in [0.15, 0.2) is 28.0 Å². The van der Waals surface area contributed by atoms with Gasteiger partial charge in [-0.1, -0.05) is 5.16 Å². The maximum absolute atomic E-state index is 12.2. The van der Waals surface area contributed by atoms with E-state index in [1.54, 1.807) is 4.57 Å². The van der Waals surface area contributed by atoms with Crippen LogP contribution in [0.3, 0.4) is 0 Å². The van der Waals surface area contributed by atoms with Gasteiger partial charge in [-0.15, -0.1) is 0 Å². The molecule has 8 nitrogen and oxygen atoms in total. The van der Waals surface area contributed by atoms with Gasteiger partial charge < -0.3 is 14.2 Å². The Morgan fingerprint density at radius 1 is 1.48 bits per heavy atom. The minimum atomic E-state index is -3.63. The van der Waals surface area contributed by atoms with E-state index in [2.05, 4.69) is 14.9 Å². The summed E-state index contributed by atoms with van der Waals surface area (Å²) in [6, 6.07) is 1.53. The third kappa shape index (κ3) is 3.69. The molecule has 0 radical (unpaired) electrons. The number of hydrogen-bond donors (Lipinski definition) is 2. The number of nitrogens with one attached hydrogen (secondary N) is 1. The average Bonchev–Trinajstić information content (AvgIpc) is 3.07. The molecule has 0 unspecified atom stereocenters. The van der Waals surface area contributed by atoms with Crippen molar-refractivity contribution in [2.45, 2.75) is 37.8 Å². The van der Waals surface area contributed by atoms with Crippen molar-refractivity contribution in [1.82, 2.24) is 19.4 Å². The van der Waals surface area contributed by atoms with Crippen molar-refractivity contribution in [3.05, 3.63) is 30.2 Å². The zero-order chi connectivity index (χ0) is 15.5. The molecule has 0 saturated carbocycles. The first-order valence-corrected chi connectivity index (χ1v) is 7.99. The summed E-state index contributed by atoms with van der Waals surface area (Å²) in [5.41, 5.74) is 0.558. The lowest BCUT2D eigenvalue weighted by atomic mass is 10.3. The molecule has 2 aromatic rings. The molecule has 0 spiro atoms. The average molecular weight is 314 g/mol. The van der Waals surface area contributed by atoms with Crippen LogP contribution in [-0.2, 0) is 23.1 Å². The molecular formula is C12H18N4O4S. The van der Waals surface area contributed by atoms with Crippen molar-refractivity contribution in [1.29, 1.82) is 0 Å². The molecule has 116 valence electrons. The Labute approximate surface area is 122 Å². The minimum absolute atomic E-state index is 0.0643. The molecule has 0 saturated heterocycles. The van der Waals surface area contributed by atoms with Crippen LogP contribution in [0.4, 0.5) is 0 Å². The molecule has 0 aliphatic heterocycles. The number of aliphatic hydroxyl groups is 1. The Kier molecular flexibility index (Phi) is 4.76. The fraction of sp³-hybridized carbons (Fsp3) is 0.500. The summed E-state index contributed by atoms with van der Waals surface area (Å²) < 4.78 is 33.4. The number of rotatable bonds is 7. The molecule has 0 amide bonds. The lowest BCUT2D eigenvalue weighted by molar-refractivity contribution is 0.268. The molecule has 0 aliphatic carbocycles. The molecule has 0 aliphatic rings. The summed E-state index contributed by atoms with van der Waals surface area (Å²) >= 11 is 0. The number of sulfonamides is 1. The molecular weight excluding hydrogens is 296 g/mol. The second-order valence-electron chi connectivity index (χ2n) is 4.81. The molecule has 0 atom stereocenters. The fourth-order valence-electron chi connectivity index (χ4n) is 1.93. The van der Waals surface area contributed by atoms with Crippen LogP contribution in [0.25, 0.3) is 0 Å². The zero-order valence-electron chi connectivity index (χ0n) is 11.9. The zero-order valence-corrected chi connectivity index (χ0v) is 12.7. The van der Waals surface area contributed by atoms with Crippen LogP contribution in [-0.4, -0.2) is 34.8 Å². The molecule has 0 aromatic carbocycles. The maximum Gasteiger partial charge on any atom is 0.242 e. The highest BCUT2D eigenvalue weighted by atomic mass is 32.2. The summed E-state index contributed by atoms with van der Waals surface area (Å²) in [7, 11) is -3.63. The van der Waals surface area contributed by atoms with Crippen molar-refractivity contribution in [2.75, 3.05) is 6.54 Å². The number of aliphatic hydroxyl groups excluding tert-OH is 1. The molecule has 2 heterocycles. The first-order chi connectivity index (χ1) is 9.94. The molecule has 0 fully saturated rings. The SMILES string of the molecule is CC(C)n1cc(S(=O)(=O)NCCc2ncno2)cc1CO. The van der Waals surface area contributed by atoms with E-state index in [9.17, 15) is 13.5 Å². The third-order valence-electron chi connectivity index (χ3n) is 2.97. The highest BCUT2D eigenvalue weighted by Gasteiger charge is 2.19. The molecule has 2 rings (SSSR count). The highest BCUT2D eigenvalue weighted by Crippen LogP contribution is 2.18. The molecule has 2 N–H and O–H groups in total. The quantitative estimate of drug-likeness (QED) is 0.768. The Balaban J connectivity index is 2.08. The van der Waals surface area contributed by atoms with Gasteiger partial charge in [0.1, 0.15) is 0 Å². The van der Waals surface area contributed by atoms with Crippen LogP contribution in [0.5, 0.6) is 0 Å². The largest absolute Gasteiger partial charge is 0.390 e. The second kappa shape index (κ2) is 6.37. The number of hydrogen-bond acceptors (Lipinski definition) is 6. The number of nitrogens with zero attached hydrogens (tertiary/aromatic N) is 3. The van der Waals surface area contributed by atoms with E-state index in [1.165, 1.54) is 18.6 Å². The van der Waals surface area contributed by atoms with E-state index in [4.69, 9.17) is 4.52 Å². The summed E-state index contributed by atoms with van der Waals surface area (Å²) in [5, 5.41) is 12.7. The number of aromatic nitrogens is 3. The van der Waals surface area contributed by atoms with Crippen molar-refractivity contribution in [3.63, 3.8) is 0 Å². The fourth-order valence-corrected chi connectivity index (χ4v) is 3.01. The van der Waals surface area contributed by atoms with Gasteiger partial charge in [0, 0.05) is 30.9 Å². The topological polar surface area (TPSA) is 110 Å². The Morgan fingerprint density at radius 2 is 2.24 bits per heavy atom. The van der Waals surface area contributed by atoms with Gasteiger partial charge in [0.2, 0.25) is 15.9 Å². The Hall–Kier alpha value is -1.71. The van der Waals surface area contributed by atoms with Gasteiger partial charge in [0.05, 0.1) is 11.5 Å². The van der Waals surface area contributed by atoms with Gasteiger partial charge in [-0.25, -0.2) is 13.1 Å². The second-order valence-corrected chi connectivity index (χ2v) is 6.58. The highest BCUT2D eigenvalue weighted by molar-refractivity contribution is 7.89.